The van der Waals surface area contributed by atoms with E-state index in [9.17, 15) is 9.59 Å². The largest absolute Gasteiger partial charge is 0.482 e. The standard InChI is InChI=1S/C25H20O5/c1-16-8-6-7-11-21(16)28-15-23(26)30-19-12-13-20-22(14-19)29-17(2)24(25(20)27)18-9-4-3-5-10-18/h3-14H,15H2,1-2H3. The minimum atomic E-state index is -0.544. The molecule has 0 fully saturated rings. The zero-order valence-corrected chi connectivity index (χ0v) is 16.7. The molecule has 4 rings (SSSR count). The second-order valence-electron chi connectivity index (χ2n) is 6.91. The Balaban J connectivity index is 1.56. The quantitative estimate of drug-likeness (QED) is 0.346. The number of hydrogen-bond acceptors (Lipinski definition) is 5. The number of para-hydroxylation sites is 1. The lowest BCUT2D eigenvalue weighted by Gasteiger charge is -2.10. The van der Waals surface area contributed by atoms with E-state index < -0.39 is 5.97 Å². The minimum absolute atomic E-state index is 0.124. The SMILES string of the molecule is Cc1ccccc1OCC(=O)Oc1ccc2c(=O)c(-c3ccccc3)c(C)oc2c1. The highest BCUT2D eigenvalue weighted by atomic mass is 16.6. The van der Waals surface area contributed by atoms with Crippen LogP contribution >= 0.6 is 0 Å². The van der Waals surface area contributed by atoms with Gasteiger partial charge in [-0.3, -0.25) is 4.79 Å². The predicted octanol–water partition coefficient (Wildman–Crippen LogP) is 5.06. The molecule has 1 heterocycles. The molecule has 30 heavy (non-hydrogen) atoms. The van der Waals surface area contributed by atoms with Gasteiger partial charge in [0.05, 0.1) is 10.9 Å². The predicted molar refractivity (Wildman–Crippen MR) is 115 cm³/mol. The van der Waals surface area contributed by atoms with E-state index in [1.807, 2.05) is 55.5 Å². The Morgan fingerprint density at radius 1 is 0.933 bits per heavy atom. The third kappa shape index (κ3) is 3.96. The van der Waals surface area contributed by atoms with Gasteiger partial charge in [-0.05, 0) is 43.2 Å². The molecular formula is C25H20O5. The molecule has 0 unspecified atom stereocenters. The topological polar surface area (TPSA) is 65.7 Å². The molecule has 0 amide bonds. The Morgan fingerprint density at radius 2 is 1.67 bits per heavy atom. The fourth-order valence-electron chi connectivity index (χ4n) is 3.30. The van der Waals surface area contributed by atoms with Crippen molar-refractivity contribution in [2.24, 2.45) is 0 Å². The second kappa shape index (κ2) is 8.25. The molecule has 0 saturated carbocycles. The first kappa shape index (κ1) is 19.5. The Hall–Kier alpha value is -3.86. The lowest BCUT2D eigenvalue weighted by molar-refractivity contribution is -0.136. The van der Waals surface area contributed by atoms with Crippen LogP contribution in [0.4, 0.5) is 0 Å². The van der Waals surface area contributed by atoms with Gasteiger partial charge in [0.2, 0.25) is 5.43 Å². The fourth-order valence-corrected chi connectivity index (χ4v) is 3.30. The van der Waals surface area contributed by atoms with E-state index in [4.69, 9.17) is 13.9 Å². The highest BCUT2D eigenvalue weighted by Gasteiger charge is 2.15. The van der Waals surface area contributed by atoms with Crippen LogP contribution < -0.4 is 14.9 Å². The normalized spacial score (nSPS) is 10.7. The Morgan fingerprint density at radius 3 is 2.43 bits per heavy atom. The van der Waals surface area contributed by atoms with Crippen LogP contribution in [0.5, 0.6) is 11.5 Å². The molecule has 4 aromatic rings. The van der Waals surface area contributed by atoms with Crippen molar-refractivity contribution in [1.29, 1.82) is 0 Å². The van der Waals surface area contributed by atoms with Gasteiger partial charge in [0, 0.05) is 6.07 Å². The number of benzene rings is 3. The lowest BCUT2D eigenvalue weighted by atomic mass is 10.0. The van der Waals surface area contributed by atoms with Gasteiger partial charge in [-0.2, -0.15) is 0 Å². The van der Waals surface area contributed by atoms with Crippen LogP contribution in [0.15, 0.2) is 82.0 Å². The lowest BCUT2D eigenvalue weighted by Crippen LogP contribution is -2.18. The smallest absolute Gasteiger partial charge is 0.349 e. The van der Waals surface area contributed by atoms with E-state index in [2.05, 4.69) is 0 Å². The molecule has 0 bridgehead atoms. The molecule has 0 aliphatic rings. The molecule has 0 aliphatic heterocycles. The van der Waals surface area contributed by atoms with Crippen LogP contribution in [0.3, 0.4) is 0 Å². The highest BCUT2D eigenvalue weighted by Crippen LogP contribution is 2.26. The number of carbonyl (C=O) groups excluding carboxylic acids is 1. The van der Waals surface area contributed by atoms with Crippen LogP contribution in [0, 0.1) is 13.8 Å². The summed E-state index contributed by atoms with van der Waals surface area (Å²) in [5, 5.41) is 0.426. The number of aryl methyl sites for hydroxylation is 2. The summed E-state index contributed by atoms with van der Waals surface area (Å²) in [4.78, 5) is 25.2. The third-order valence-electron chi connectivity index (χ3n) is 4.77. The zero-order chi connectivity index (χ0) is 21.1. The van der Waals surface area contributed by atoms with Crippen LogP contribution in [-0.2, 0) is 4.79 Å². The molecule has 0 aliphatic carbocycles. The van der Waals surface area contributed by atoms with Crippen molar-refractivity contribution in [1.82, 2.24) is 0 Å². The Labute approximate surface area is 173 Å². The van der Waals surface area contributed by atoms with Crippen molar-refractivity contribution in [3.05, 3.63) is 94.3 Å². The van der Waals surface area contributed by atoms with Gasteiger partial charge in [0.15, 0.2) is 6.61 Å². The number of esters is 1. The maximum Gasteiger partial charge on any atom is 0.349 e. The number of hydrogen-bond donors (Lipinski definition) is 0. The van der Waals surface area contributed by atoms with Gasteiger partial charge in [-0.25, -0.2) is 4.79 Å². The van der Waals surface area contributed by atoms with E-state index in [1.165, 1.54) is 0 Å². The second-order valence-corrected chi connectivity index (χ2v) is 6.91. The van der Waals surface area contributed by atoms with Crippen molar-refractivity contribution in [2.45, 2.75) is 13.8 Å². The molecule has 0 saturated heterocycles. The monoisotopic (exact) mass is 400 g/mol. The number of ether oxygens (including phenoxy) is 2. The molecule has 150 valence electrons. The van der Waals surface area contributed by atoms with Crippen molar-refractivity contribution in [2.75, 3.05) is 6.61 Å². The van der Waals surface area contributed by atoms with Gasteiger partial charge in [0.25, 0.3) is 0 Å². The van der Waals surface area contributed by atoms with Crippen molar-refractivity contribution < 1.29 is 18.7 Å². The average Bonchev–Trinajstić information content (AvgIpc) is 2.74. The molecule has 0 radical (unpaired) electrons. The average molecular weight is 400 g/mol. The molecular weight excluding hydrogens is 380 g/mol. The summed E-state index contributed by atoms with van der Waals surface area (Å²) in [6, 6.07) is 21.5. The van der Waals surface area contributed by atoms with E-state index in [0.29, 0.717) is 28.0 Å². The number of carbonyl (C=O) groups is 1. The van der Waals surface area contributed by atoms with Gasteiger partial charge < -0.3 is 13.9 Å². The molecule has 1 aromatic heterocycles. The van der Waals surface area contributed by atoms with Crippen molar-refractivity contribution in [3.8, 4) is 22.6 Å². The van der Waals surface area contributed by atoms with Crippen LogP contribution in [0.1, 0.15) is 11.3 Å². The van der Waals surface area contributed by atoms with Gasteiger partial charge in [0.1, 0.15) is 22.8 Å². The minimum Gasteiger partial charge on any atom is -0.482 e. The van der Waals surface area contributed by atoms with Crippen LogP contribution in [0.25, 0.3) is 22.1 Å². The summed E-state index contributed by atoms with van der Waals surface area (Å²) >= 11 is 0. The van der Waals surface area contributed by atoms with Gasteiger partial charge in [-0.15, -0.1) is 0 Å². The zero-order valence-electron chi connectivity index (χ0n) is 16.7. The summed E-state index contributed by atoms with van der Waals surface area (Å²) in [6.07, 6.45) is 0. The van der Waals surface area contributed by atoms with Gasteiger partial charge >= 0.3 is 5.97 Å². The molecule has 0 spiro atoms. The van der Waals surface area contributed by atoms with E-state index in [-0.39, 0.29) is 17.8 Å². The Bertz CT molecular complexity index is 1270. The fraction of sp³-hybridized carbons (Fsp3) is 0.120. The van der Waals surface area contributed by atoms with Gasteiger partial charge in [-0.1, -0.05) is 48.5 Å². The highest BCUT2D eigenvalue weighted by molar-refractivity contribution is 5.84. The summed E-state index contributed by atoms with van der Waals surface area (Å²) in [7, 11) is 0. The molecule has 3 aromatic carbocycles. The first-order valence-corrected chi connectivity index (χ1v) is 9.55. The van der Waals surface area contributed by atoms with Crippen molar-refractivity contribution >= 4 is 16.9 Å². The Kier molecular flexibility index (Phi) is 5.35. The maximum atomic E-state index is 13.0. The maximum absolute atomic E-state index is 13.0. The van der Waals surface area contributed by atoms with Crippen LogP contribution in [0.2, 0.25) is 0 Å². The van der Waals surface area contributed by atoms with Crippen molar-refractivity contribution in [3.63, 3.8) is 0 Å². The summed E-state index contributed by atoms with van der Waals surface area (Å²) < 4.78 is 16.7. The summed E-state index contributed by atoms with van der Waals surface area (Å²) in [5.41, 5.74) is 2.50. The molecule has 5 heteroatoms. The third-order valence-corrected chi connectivity index (χ3v) is 4.77. The van der Waals surface area contributed by atoms with E-state index in [1.54, 1.807) is 31.2 Å². The number of fused-ring (bicyclic) bond motifs is 1. The molecule has 0 N–H and O–H groups in total. The summed E-state index contributed by atoms with van der Waals surface area (Å²) in [5.74, 6) is 0.876. The number of rotatable bonds is 5. The van der Waals surface area contributed by atoms with Crippen LogP contribution in [-0.4, -0.2) is 12.6 Å². The first-order chi connectivity index (χ1) is 14.5. The van der Waals surface area contributed by atoms with E-state index >= 15 is 0 Å². The summed E-state index contributed by atoms with van der Waals surface area (Å²) in [6.45, 7) is 3.43. The first-order valence-electron chi connectivity index (χ1n) is 9.55. The van der Waals surface area contributed by atoms with E-state index in [0.717, 1.165) is 11.1 Å². The molecule has 5 nitrogen and oxygen atoms in total. The molecule has 0 atom stereocenters.